The van der Waals surface area contributed by atoms with E-state index in [2.05, 4.69) is 0 Å². The van der Waals surface area contributed by atoms with Crippen LogP contribution >= 0.6 is 0 Å². The molecule has 4 heterocycles. The second-order valence-electron chi connectivity index (χ2n) is 11.7. The lowest BCUT2D eigenvalue weighted by atomic mass is 9.95. The van der Waals surface area contributed by atoms with Crippen LogP contribution in [0.1, 0.15) is 0 Å². The van der Waals surface area contributed by atoms with Gasteiger partial charge in [0.1, 0.15) is 73.2 Å². The molecule has 4 rings (SSSR count). The Morgan fingerprint density at radius 1 is 0.373 bits per heavy atom. The highest BCUT2D eigenvalue weighted by Gasteiger charge is 2.58. The number of aliphatic hydroxyl groups excluding tert-OH is 8. The number of aliphatic hydroxyl groups is 8. The van der Waals surface area contributed by atoms with Crippen molar-refractivity contribution < 1.29 is 123 Å². The van der Waals surface area contributed by atoms with E-state index in [1.165, 1.54) is 0 Å². The molecule has 51 heavy (non-hydrogen) atoms. The van der Waals surface area contributed by atoms with Crippen LogP contribution in [-0.2, 0) is 61.8 Å². The van der Waals surface area contributed by atoms with Gasteiger partial charge < -0.3 is 104 Å². The number of rotatable bonds is 12. The molecule has 0 saturated carbocycles. The minimum atomic E-state index is -2.40. The van der Waals surface area contributed by atoms with Crippen LogP contribution in [0.5, 0.6) is 0 Å². The van der Waals surface area contributed by atoms with Crippen molar-refractivity contribution in [2.45, 2.75) is 123 Å². The van der Waals surface area contributed by atoms with Crippen LogP contribution in [0.15, 0.2) is 0 Å². The summed E-state index contributed by atoms with van der Waals surface area (Å²) < 4.78 is 46.0. The van der Waals surface area contributed by atoms with Crippen LogP contribution in [-0.4, -0.2) is 222 Å². The first-order valence-electron chi connectivity index (χ1n) is 14.9. The summed E-state index contributed by atoms with van der Waals surface area (Å²) in [6.45, 7) is 0. The summed E-state index contributed by atoms with van der Waals surface area (Å²) in [5.41, 5.74) is 0. The number of ether oxygens (including phenoxy) is 9. The molecule has 0 aromatic rings. The van der Waals surface area contributed by atoms with E-state index in [1.54, 1.807) is 0 Å². The van der Waals surface area contributed by atoms with E-state index in [0.717, 1.165) is 14.2 Å². The molecule has 0 aliphatic carbocycles. The average Bonchev–Trinajstić information content (AvgIpc) is 3.07. The molecule has 0 spiro atoms. The molecule has 0 aromatic heterocycles. The maximum absolute atomic E-state index is 12.2. The van der Waals surface area contributed by atoms with Crippen molar-refractivity contribution in [3.8, 4) is 0 Å². The Labute approximate surface area is 284 Å². The smallest absolute Gasteiger partial charge is 0.335 e. The minimum Gasteiger partial charge on any atom is -0.479 e. The van der Waals surface area contributed by atoms with Gasteiger partial charge in [-0.15, -0.1) is 0 Å². The molecule has 4 fully saturated rings. The lowest BCUT2D eigenvalue weighted by molar-refractivity contribution is -0.378. The summed E-state index contributed by atoms with van der Waals surface area (Å²) in [6.07, 6.45) is -43.0. The number of carboxylic acids is 4. The van der Waals surface area contributed by atoms with Crippen molar-refractivity contribution >= 4 is 23.9 Å². The van der Waals surface area contributed by atoms with E-state index < -0.39 is 147 Å². The zero-order valence-electron chi connectivity index (χ0n) is 26.2. The highest BCUT2D eigenvalue weighted by Crippen LogP contribution is 2.35. The lowest BCUT2D eigenvalue weighted by Gasteiger charge is -2.48. The van der Waals surface area contributed by atoms with Crippen LogP contribution < -0.4 is 0 Å². The highest BCUT2D eigenvalue weighted by molar-refractivity contribution is 5.75. The third-order valence-electron chi connectivity index (χ3n) is 8.53. The van der Waals surface area contributed by atoms with Crippen molar-refractivity contribution in [1.82, 2.24) is 0 Å². The Bertz CT molecular complexity index is 1250. The molecule has 0 amide bonds. The predicted octanol–water partition coefficient (Wildman–Crippen LogP) is -8.07. The summed E-state index contributed by atoms with van der Waals surface area (Å²) in [5.74, 6) is -7.32. The van der Waals surface area contributed by atoms with Gasteiger partial charge in [-0.2, -0.15) is 0 Å². The van der Waals surface area contributed by atoms with Gasteiger partial charge in [0.2, 0.25) is 0 Å². The maximum Gasteiger partial charge on any atom is 0.335 e. The zero-order valence-corrected chi connectivity index (χ0v) is 26.2. The second kappa shape index (κ2) is 16.5. The number of hydrogen-bond donors (Lipinski definition) is 12. The number of hydrogen-bond acceptors (Lipinski definition) is 21. The van der Waals surface area contributed by atoms with Crippen LogP contribution in [0.25, 0.3) is 0 Å². The minimum absolute atomic E-state index is 1.000. The van der Waals surface area contributed by atoms with Crippen LogP contribution in [0, 0.1) is 0 Å². The van der Waals surface area contributed by atoms with Gasteiger partial charge in [-0.1, -0.05) is 0 Å². The zero-order chi connectivity index (χ0) is 38.2. The Balaban J connectivity index is 1.51. The maximum atomic E-state index is 12.2. The molecule has 292 valence electrons. The third kappa shape index (κ3) is 8.09. The van der Waals surface area contributed by atoms with Gasteiger partial charge in [0.05, 0.1) is 0 Å². The molecular formula is C26H38O25. The van der Waals surface area contributed by atoms with Crippen molar-refractivity contribution in [3.05, 3.63) is 0 Å². The molecule has 0 radical (unpaired) electrons. The Morgan fingerprint density at radius 2 is 0.608 bits per heavy atom. The molecule has 4 aliphatic heterocycles. The second-order valence-corrected chi connectivity index (χ2v) is 11.7. The molecule has 0 aromatic carbocycles. The van der Waals surface area contributed by atoms with Crippen molar-refractivity contribution in [2.24, 2.45) is 0 Å². The van der Waals surface area contributed by atoms with Crippen LogP contribution in [0.3, 0.4) is 0 Å². The van der Waals surface area contributed by atoms with Crippen molar-refractivity contribution in [1.29, 1.82) is 0 Å². The first kappa shape index (κ1) is 41.0. The van der Waals surface area contributed by atoms with Crippen molar-refractivity contribution in [3.63, 3.8) is 0 Å². The van der Waals surface area contributed by atoms with E-state index in [9.17, 15) is 80.5 Å². The first-order chi connectivity index (χ1) is 23.9. The molecule has 4 saturated heterocycles. The van der Waals surface area contributed by atoms with E-state index >= 15 is 0 Å². The van der Waals surface area contributed by atoms with Gasteiger partial charge in [0.15, 0.2) is 49.6 Å². The Morgan fingerprint density at radius 3 is 0.863 bits per heavy atom. The molecule has 0 bridgehead atoms. The third-order valence-corrected chi connectivity index (χ3v) is 8.53. The normalized spacial score (nSPS) is 47.7. The fraction of sp³-hybridized carbons (Fsp3) is 0.846. The van der Waals surface area contributed by atoms with E-state index in [0.29, 0.717) is 0 Å². The first-order valence-corrected chi connectivity index (χ1v) is 14.9. The van der Waals surface area contributed by atoms with Gasteiger partial charge >= 0.3 is 23.9 Å². The molecule has 25 nitrogen and oxygen atoms in total. The predicted molar refractivity (Wildman–Crippen MR) is 146 cm³/mol. The van der Waals surface area contributed by atoms with E-state index in [4.69, 9.17) is 42.6 Å². The molecule has 4 aliphatic rings. The summed E-state index contributed by atoms with van der Waals surface area (Å²) in [4.78, 5) is 47.8. The monoisotopic (exact) mass is 750 g/mol. The van der Waals surface area contributed by atoms with Crippen LogP contribution in [0.4, 0.5) is 0 Å². The summed E-state index contributed by atoms with van der Waals surface area (Å²) >= 11 is 0. The summed E-state index contributed by atoms with van der Waals surface area (Å²) in [6, 6.07) is 0. The van der Waals surface area contributed by atoms with Crippen molar-refractivity contribution in [2.75, 3.05) is 14.2 Å². The van der Waals surface area contributed by atoms with Gasteiger partial charge in [0, 0.05) is 14.2 Å². The Hall–Kier alpha value is -2.80. The number of methoxy groups -OCH3 is 2. The molecule has 12 N–H and O–H groups in total. The van der Waals surface area contributed by atoms with Gasteiger partial charge in [-0.3, -0.25) is 0 Å². The molecule has 9 unspecified atom stereocenters. The van der Waals surface area contributed by atoms with Crippen LogP contribution in [0.2, 0.25) is 0 Å². The van der Waals surface area contributed by atoms with Gasteiger partial charge in [-0.25, -0.2) is 19.2 Å². The highest BCUT2D eigenvalue weighted by atomic mass is 16.8. The summed E-state index contributed by atoms with van der Waals surface area (Å²) in [5, 5.41) is 123. The van der Waals surface area contributed by atoms with Gasteiger partial charge in [0.25, 0.3) is 0 Å². The topological polar surface area (TPSA) is 394 Å². The number of carbonyl (C=O) groups is 4. The standard InChI is InChI=1S/C26H38O25/c1-43-11-3(27)8(32)24(49-15(11)19(35)36)46-13-5(29)10(34)26(51-17(13)21(39)40)47-14-6(30)9(33)25(50-18(14)22(41)42)45-12-4(28)7(31)23(44-2)48-16(12)20(37)38/h3-18,23-34H,1-2H3,(H,35,36)(H,37,38)(H,39,40)(H,41,42)/t3-,4?,5?,6?,7?,8?,9+,10?,11-,12-,13-,14-,15?,16+,17?,18?,23+,24+,25+,26+/m0/s1. The van der Waals surface area contributed by atoms with E-state index in [-0.39, 0.29) is 0 Å². The summed E-state index contributed by atoms with van der Waals surface area (Å²) in [7, 11) is 2.02. The number of aliphatic carboxylic acids is 4. The van der Waals surface area contributed by atoms with E-state index in [1.807, 2.05) is 0 Å². The molecule has 25 heteroatoms. The molecular weight excluding hydrogens is 712 g/mol. The quantitative estimate of drug-likeness (QED) is 0.0881. The fourth-order valence-corrected chi connectivity index (χ4v) is 5.86. The molecule has 20 atom stereocenters. The fourth-order valence-electron chi connectivity index (χ4n) is 5.86. The largest absolute Gasteiger partial charge is 0.479 e. The SMILES string of the molecule is CO[C@@H]1O[C@@H](C(=O)O)[C@@H](O[C@@H]2OC(C(=O)O)[C@@H](O[C@@H]3OC(C(=O)O)[C@@H](O[C@@H]4OC(C(=O)O)[C@@H](OC)[C@@H](O)C4O)C(O)C3O)C(O)[C@H]2O)C(O)C1O. The average molecular weight is 751 g/mol. The Kier molecular flexibility index (Phi) is 13.2. The lowest BCUT2D eigenvalue weighted by Crippen LogP contribution is -2.68. The van der Waals surface area contributed by atoms with Gasteiger partial charge in [-0.05, 0) is 0 Å². The number of carboxylic acid groups (broad SMARTS) is 4.